The predicted molar refractivity (Wildman–Crippen MR) is 133 cm³/mol. The number of rotatable bonds is 9. The molecule has 0 unspecified atom stereocenters. The van der Waals surface area contributed by atoms with Crippen LogP contribution in [0.25, 0.3) is 0 Å². The number of fused-ring (bicyclic) bond motifs is 1. The third kappa shape index (κ3) is 5.48. The van der Waals surface area contributed by atoms with Crippen LogP contribution in [0, 0.1) is 6.92 Å². The van der Waals surface area contributed by atoms with E-state index in [0.29, 0.717) is 31.9 Å². The maximum atomic E-state index is 13.6. The molecule has 2 aromatic carbocycles. The van der Waals surface area contributed by atoms with E-state index >= 15 is 0 Å². The van der Waals surface area contributed by atoms with Gasteiger partial charge in [0, 0.05) is 30.6 Å². The molecule has 0 saturated carbocycles. The molecule has 0 radical (unpaired) electrons. The third-order valence-corrected chi connectivity index (χ3v) is 7.12. The fraction of sp³-hybridized carbons (Fsp3) is 0.333. The van der Waals surface area contributed by atoms with Gasteiger partial charge < -0.3 is 19.3 Å². The van der Waals surface area contributed by atoms with Crippen molar-refractivity contribution in [3.63, 3.8) is 0 Å². The summed E-state index contributed by atoms with van der Waals surface area (Å²) in [5.74, 6) is 0.527. The number of para-hydroxylation sites is 1. The highest BCUT2D eigenvalue weighted by atomic mass is 32.1. The molecule has 2 heterocycles. The summed E-state index contributed by atoms with van der Waals surface area (Å²) < 4.78 is 11.3. The molecule has 0 spiro atoms. The summed E-state index contributed by atoms with van der Waals surface area (Å²) in [5, 5.41) is 2.07. The zero-order valence-electron chi connectivity index (χ0n) is 19.6. The number of thiophene rings is 1. The zero-order valence-corrected chi connectivity index (χ0v) is 20.4. The average molecular weight is 479 g/mol. The largest absolute Gasteiger partial charge is 0.491 e. The van der Waals surface area contributed by atoms with Gasteiger partial charge in [0.05, 0.1) is 12.6 Å². The molecule has 0 fully saturated rings. The highest BCUT2D eigenvalue weighted by Gasteiger charge is 2.33. The average Bonchev–Trinajstić information content (AvgIpc) is 3.34. The van der Waals surface area contributed by atoms with E-state index < -0.39 is 0 Å². The van der Waals surface area contributed by atoms with E-state index in [0.717, 1.165) is 23.3 Å². The van der Waals surface area contributed by atoms with Crippen molar-refractivity contribution in [1.29, 1.82) is 0 Å². The molecule has 1 aliphatic heterocycles. The van der Waals surface area contributed by atoms with Gasteiger partial charge >= 0.3 is 0 Å². The van der Waals surface area contributed by atoms with E-state index in [9.17, 15) is 9.59 Å². The molecule has 6 nitrogen and oxygen atoms in total. The number of ether oxygens (including phenoxy) is 2. The smallest absolute Gasteiger partial charge is 0.254 e. The lowest BCUT2D eigenvalue weighted by molar-refractivity contribution is -0.135. The van der Waals surface area contributed by atoms with E-state index in [1.54, 1.807) is 29.4 Å². The first-order valence-electron chi connectivity index (χ1n) is 11.5. The number of nitrogens with zero attached hydrogens (tertiary/aromatic N) is 2. The minimum atomic E-state index is -0.194. The summed E-state index contributed by atoms with van der Waals surface area (Å²) >= 11 is 1.72. The van der Waals surface area contributed by atoms with Crippen LogP contribution >= 0.6 is 11.3 Å². The number of benzene rings is 2. The van der Waals surface area contributed by atoms with Gasteiger partial charge in [-0.2, -0.15) is 0 Å². The minimum Gasteiger partial charge on any atom is -0.491 e. The summed E-state index contributed by atoms with van der Waals surface area (Å²) in [5.41, 5.74) is 2.63. The Morgan fingerprint density at radius 1 is 1.09 bits per heavy atom. The van der Waals surface area contributed by atoms with Crippen molar-refractivity contribution < 1.29 is 19.1 Å². The molecule has 1 atom stereocenters. The minimum absolute atomic E-state index is 0.00215. The van der Waals surface area contributed by atoms with E-state index in [-0.39, 0.29) is 24.4 Å². The normalized spacial score (nSPS) is 15.0. The van der Waals surface area contributed by atoms with Gasteiger partial charge in [-0.15, -0.1) is 11.3 Å². The van der Waals surface area contributed by atoms with E-state index in [1.807, 2.05) is 60.4 Å². The first-order chi connectivity index (χ1) is 16.6. The van der Waals surface area contributed by atoms with Crippen LogP contribution in [-0.2, 0) is 16.0 Å². The maximum absolute atomic E-state index is 13.6. The van der Waals surface area contributed by atoms with Crippen molar-refractivity contribution >= 4 is 23.2 Å². The highest BCUT2D eigenvalue weighted by molar-refractivity contribution is 7.10. The molecule has 0 N–H and O–H groups in total. The Kier molecular flexibility index (Phi) is 7.98. The fourth-order valence-corrected chi connectivity index (χ4v) is 5.19. The molecular weight excluding hydrogens is 448 g/mol. The third-order valence-electron chi connectivity index (χ3n) is 6.12. The Balaban J connectivity index is 1.53. The summed E-state index contributed by atoms with van der Waals surface area (Å²) in [7, 11) is 1.60. The van der Waals surface area contributed by atoms with Crippen molar-refractivity contribution in [1.82, 2.24) is 9.80 Å². The maximum Gasteiger partial charge on any atom is 0.254 e. The first kappa shape index (κ1) is 24.0. The van der Waals surface area contributed by atoms with E-state index in [2.05, 4.69) is 11.4 Å². The van der Waals surface area contributed by atoms with Gasteiger partial charge in [0.25, 0.3) is 5.91 Å². The summed E-state index contributed by atoms with van der Waals surface area (Å²) in [4.78, 5) is 31.6. The van der Waals surface area contributed by atoms with Gasteiger partial charge in [-0.3, -0.25) is 9.59 Å². The van der Waals surface area contributed by atoms with Crippen molar-refractivity contribution in [3.05, 3.63) is 87.6 Å². The Bertz CT molecular complexity index is 1110. The van der Waals surface area contributed by atoms with Crippen LogP contribution in [0.15, 0.2) is 66.0 Å². The topological polar surface area (TPSA) is 59.1 Å². The van der Waals surface area contributed by atoms with Crippen LogP contribution in [0.5, 0.6) is 5.75 Å². The lowest BCUT2D eigenvalue weighted by atomic mass is 10.00. The molecule has 1 aromatic heterocycles. The predicted octanol–water partition coefficient (Wildman–Crippen LogP) is 4.35. The standard InChI is InChI=1S/C27H30N2O4S/c1-20-8-6-7-11-22(20)27(31)28(15-16-32-2)18-26(30)29-14-12-25-23(13-17-34-25)24(29)19-33-21-9-4-3-5-10-21/h3-11,13,17,24H,12,14-16,18-19H2,1-2H3/t24-/m0/s1. The molecule has 2 amide bonds. The number of hydrogen-bond acceptors (Lipinski definition) is 5. The molecule has 0 aliphatic carbocycles. The molecule has 4 rings (SSSR count). The molecule has 0 bridgehead atoms. The molecule has 0 saturated heterocycles. The van der Waals surface area contributed by atoms with Gasteiger partial charge in [0.1, 0.15) is 18.9 Å². The summed E-state index contributed by atoms with van der Waals surface area (Å²) in [6.45, 7) is 3.58. The number of carbonyl (C=O) groups excluding carboxylic acids is 2. The molecule has 178 valence electrons. The molecule has 1 aliphatic rings. The van der Waals surface area contributed by atoms with Crippen LogP contribution in [0.1, 0.15) is 32.4 Å². The van der Waals surface area contributed by atoms with Crippen LogP contribution in [-0.4, -0.2) is 61.6 Å². The van der Waals surface area contributed by atoms with E-state index in [4.69, 9.17) is 9.47 Å². The van der Waals surface area contributed by atoms with Crippen molar-refractivity contribution in [3.8, 4) is 5.75 Å². The number of carbonyl (C=O) groups is 2. The van der Waals surface area contributed by atoms with Crippen LogP contribution < -0.4 is 4.74 Å². The molecule has 7 heteroatoms. The quantitative estimate of drug-likeness (QED) is 0.459. The fourth-order valence-electron chi connectivity index (χ4n) is 4.26. The van der Waals surface area contributed by atoms with Gasteiger partial charge in [0.2, 0.25) is 5.91 Å². The summed E-state index contributed by atoms with van der Waals surface area (Å²) in [6, 6.07) is 19.0. The second-order valence-electron chi connectivity index (χ2n) is 8.31. The second-order valence-corrected chi connectivity index (χ2v) is 9.31. The Morgan fingerprint density at radius 3 is 2.62 bits per heavy atom. The lowest BCUT2D eigenvalue weighted by Crippen LogP contribution is -2.48. The monoisotopic (exact) mass is 478 g/mol. The highest BCUT2D eigenvalue weighted by Crippen LogP contribution is 2.34. The second kappa shape index (κ2) is 11.3. The van der Waals surface area contributed by atoms with Gasteiger partial charge in [0.15, 0.2) is 0 Å². The van der Waals surface area contributed by atoms with Gasteiger partial charge in [-0.1, -0.05) is 36.4 Å². The van der Waals surface area contributed by atoms with Crippen LogP contribution in [0.3, 0.4) is 0 Å². The Morgan fingerprint density at radius 2 is 1.85 bits per heavy atom. The molecule has 3 aromatic rings. The Hall–Kier alpha value is -3.16. The molecular formula is C27H30N2O4S. The number of aryl methyl sites for hydroxylation is 1. The van der Waals surface area contributed by atoms with Crippen molar-refractivity contribution in [2.45, 2.75) is 19.4 Å². The van der Waals surface area contributed by atoms with E-state index in [1.165, 1.54) is 4.88 Å². The van der Waals surface area contributed by atoms with Crippen molar-refractivity contribution in [2.24, 2.45) is 0 Å². The Labute approximate surface area is 204 Å². The lowest BCUT2D eigenvalue weighted by Gasteiger charge is -2.37. The van der Waals surface area contributed by atoms with Crippen LogP contribution in [0.2, 0.25) is 0 Å². The van der Waals surface area contributed by atoms with Gasteiger partial charge in [-0.05, 0) is 54.1 Å². The summed E-state index contributed by atoms with van der Waals surface area (Å²) in [6.07, 6.45) is 0.810. The van der Waals surface area contributed by atoms with Gasteiger partial charge in [-0.25, -0.2) is 0 Å². The number of amides is 2. The number of hydrogen-bond donors (Lipinski definition) is 0. The zero-order chi connectivity index (χ0) is 23.9. The SMILES string of the molecule is COCCN(CC(=O)N1CCc2sccc2[C@@H]1COc1ccccc1)C(=O)c1ccccc1C. The number of methoxy groups -OCH3 is 1. The first-order valence-corrected chi connectivity index (χ1v) is 12.3. The van der Waals surface area contributed by atoms with Crippen molar-refractivity contribution in [2.75, 3.05) is 40.0 Å². The molecule has 34 heavy (non-hydrogen) atoms. The van der Waals surface area contributed by atoms with Crippen LogP contribution in [0.4, 0.5) is 0 Å².